The first-order valence-corrected chi connectivity index (χ1v) is 8.16. The van der Waals surface area contributed by atoms with Gasteiger partial charge in [-0.3, -0.25) is 4.68 Å². The maximum atomic E-state index is 5.09. The Hall–Kier alpha value is -0.870. The van der Waals surface area contributed by atoms with Crippen LogP contribution in [0.15, 0.2) is 6.20 Å². The summed E-state index contributed by atoms with van der Waals surface area (Å²) < 4.78 is 7.47. The Morgan fingerprint density at radius 1 is 1.25 bits per heavy atom. The van der Waals surface area contributed by atoms with Gasteiger partial charge in [0.2, 0.25) is 0 Å². The molecule has 3 rings (SSSR count). The lowest BCUT2D eigenvalue weighted by atomic mass is 9.95. The summed E-state index contributed by atoms with van der Waals surface area (Å²) in [7, 11) is 1.75. The zero-order valence-corrected chi connectivity index (χ0v) is 12.6. The molecule has 0 aliphatic heterocycles. The molecule has 4 nitrogen and oxygen atoms in total. The van der Waals surface area contributed by atoms with E-state index < -0.39 is 0 Å². The molecule has 4 heteroatoms. The van der Waals surface area contributed by atoms with Crippen LogP contribution in [0.4, 0.5) is 0 Å². The molecular weight excluding hydrogens is 250 g/mol. The molecule has 1 aromatic heterocycles. The van der Waals surface area contributed by atoms with Crippen LogP contribution in [0.25, 0.3) is 0 Å². The molecule has 0 atom stereocenters. The summed E-state index contributed by atoms with van der Waals surface area (Å²) in [6.45, 7) is 2.62. The van der Waals surface area contributed by atoms with Crippen molar-refractivity contribution < 1.29 is 4.74 Å². The van der Waals surface area contributed by atoms with Crippen molar-refractivity contribution in [2.24, 2.45) is 0 Å². The summed E-state index contributed by atoms with van der Waals surface area (Å²) in [5.74, 6) is 0.777. The molecule has 1 aromatic rings. The maximum Gasteiger partial charge on any atom is 0.0587 e. The van der Waals surface area contributed by atoms with Crippen LogP contribution in [-0.2, 0) is 11.3 Å². The van der Waals surface area contributed by atoms with Crippen molar-refractivity contribution in [1.82, 2.24) is 15.1 Å². The molecule has 0 aromatic carbocycles. The Bertz CT molecular complexity index is 419. The summed E-state index contributed by atoms with van der Waals surface area (Å²) in [6, 6.07) is 0.659. The molecule has 0 spiro atoms. The zero-order valence-electron chi connectivity index (χ0n) is 12.6. The molecule has 20 heavy (non-hydrogen) atoms. The van der Waals surface area contributed by atoms with Gasteiger partial charge in [0.25, 0.3) is 0 Å². The van der Waals surface area contributed by atoms with Gasteiger partial charge >= 0.3 is 0 Å². The quantitative estimate of drug-likeness (QED) is 0.779. The van der Waals surface area contributed by atoms with E-state index in [1.54, 1.807) is 7.11 Å². The number of rotatable bonds is 7. The highest BCUT2D eigenvalue weighted by Gasteiger charge is 2.32. The van der Waals surface area contributed by atoms with Crippen molar-refractivity contribution in [3.63, 3.8) is 0 Å². The molecule has 2 aliphatic carbocycles. The van der Waals surface area contributed by atoms with E-state index in [1.165, 1.54) is 56.2 Å². The summed E-state index contributed by atoms with van der Waals surface area (Å²) >= 11 is 0. The third-order valence-corrected chi connectivity index (χ3v) is 4.60. The molecule has 0 amide bonds. The molecule has 1 heterocycles. The van der Waals surface area contributed by atoms with Crippen LogP contribution >= 0.6 is 0 Å². The van der Waals surface area contributed by atoms with E-state index in [1.807, 2.05) is 0 Å². The van der Waals surface area contributed by atoms with Crippen molar-refractivity contribution in [3.8, 4) is 0 Å². The molecule has 2 aliphatic rings. The molecule has 0 saturated heterocycles. The number of hydrogen-bond acceptors (Lipinski definition) is 3. The van der Waals surface area contributed by atoms with Crippen molar-refractivity contribution in [1.29, 1.82) is 0 Å². The van der Waals surface area contributed by atoms with E-state index in [2.05, 4.69) is 16.2 Å². The van der Waals surface area contributed by atoms with Crippen LogP contribution in [0.5, 0.6) is 0 Å². The van der Waals surface area contributed by atoms with E-state index in [0.29, 0.717) is 6.04 Å². The first-order chi connectivity index (χ1) is 9.90. The standard InChI is InChI=1S/C16H27N3O/c1-20-10-9-17-11-14-12-18-19(16(14)13-7-8-13)15-5-3-2-4-6-15/h12-13,15,17H,2-11H2,1H3. The molecule has 0 radical (unpaired) electrons. The zero-order chi connectivity index (χ0) is 13.8. The van der Waals surface area contributed by atoms with Crippen LogP contribution in [0.1, 0.15) is 68.2 Å². The predicted molar refractivity (Wildman–Crippen MR) is 79.9 cm³/mol. The number of hydrogen-bond donors (Lipinski definition) is 1. The van der Waals surface area contributed by atoms with Gasteiger partial charge in [0.05, 0.1) is 18.8 Å². The Balaban J connectivity index is 1.68. The van der Waals surface area contributed by atoms with E-state index in [0.717, 1.165) is 25.6 Å². The lowest BCUT2D eigenvalue weighted by Gasteiger charge is -2.24. The Kier molecular flexibility index (Phi) is 4.73. The Labute approximate surface area is 121 Å². The molecule has 0 bridgehead atoms. The van der Waals surface area contributed by atoms with Gasteiger partial charge in [0, 0.05) is 37.4 Å². The minimum Gasteiger partial charge on any atom is -0.383 e. The van der Waals surface area contributed by atoms with Crippen molar-refractivity contribution in [2.75, 3.05) is 20.3 Å². The summed E-state index contributed by atoms with van der Waals surface area (Å²) in [5, 5.41) is 8.21. The van der Waals surface area contributed by atoms with Gasteiger partial charge in [-0.15, -0.1) is 0 Å². The van der Waals surface area contributed by atoms with E-state index >= 15 is 0 Å². The predicted octanol–water partition coefficient (Wildman–Crippen LogP) is 3.00. The first kappa shape index (κ1) is 14.1. The van der Waals surface area contributed by atoms with E-state index in [4.69, 9.17) is 9.84 Å². The first-order valence-electron chi connectivity index (χ1n) is 8.16. The van der Waals surface area contributed by atoms with Crippen LogP contribution in [0.3, 0.4) is 0 Å². The maximum absolute atomic E-state index is 5.09. The van der Waals surface area contributed by atoms with Gasteiger partial charge in [-0.2, -0.15) is 5.10 Å². The summed E-state index contributed by atoms with van der Waals surface area (Å²) in [4.78, 5) is 0. The topological polar surface area (TPSA) is 39.1 Å². The molecule has 2 fully saturated rings. The SMILES string of the molecule is COCCNCc1cnn(C2CCCCC2)c1C1CC1. The van der Waals surface area contributed by atoms with Gasteiger partial charge in [0.15, 0.2) is 0 Å². The monoisotopic (exact) mass is 277 g/mol. The fourth-order valence-corrected chi connectivity index (χ4v) is 3.36. The molecule has 0 unspecified atom stereocenters. The fourth-order valence-electron chi connectivity index (χ4n) is 3.36. The Morgan fingerprint density at radius 3 is 2.75 bits per heavy atom. The summed E-state index contributed by atoms with van der Waals surface area (Å²) in [5.41, 5.74) is 2.94. The largest absolute Gasteiger partial charge is 0.383 e. The average molecular weight is 277 g/mol. The number of methoxy groups -OCH3 is 1. The fraction of sp³-hybridized carbons (Fsp3) is 0.812. The third-order valence-electron chi connectivity index (χ3n) is 4.60. The minimum atomic E-state index is 0.659. The second-order valence-corrected chi connectivity index (χ2v) is 6.24. The van der Waals surface area contributed by atoms with Crippen LogP contribution < -0.4 is 5.32 Å². The molecule has 112 valence electrons. The molecular formula is C16H27N3O. The minimum absolute atomic E-state index is 0.659. The van der Waals surface area contributed by atoms with Crippen LogP contribution in [-0.4, -0.2) is 30.0 Å². The van der Waals surface area contributed by atoms with Crippen molar-refractivity contribution in [3.05, 3.63) is 17.5 Å². The number of aromatic nitrogens is 2. The van der Waals surface area contributed by atoms with Crippen LogP contribution in [0.2, 0.25) is 0 Å². The van der Waals surface area contributed by atoms with Gasteiger partial charge in [-0.1, -0.05) is 19.3 Å². The highest BCUT2D eigenvalue weighted by atomic mass is 16.5. The second kappa shape index (κ2) is 6.72. The highest BCUT2D eigenvalue weighted by molar-refractivity contribution is 5.26. The number of nitrogens with zero attached hydrogens (tertiary/aromatic N) is 2. The highest BCUT2D eigenvalue weighted by Crippen LogP contribution is 2.43. The smallest absolute Gasteiger partial charge is 0.0587 e. The second-order valence-electron chi connectivity index (χ2n) is 6.24. The number of ether oxygens (including phenoxy) is 1. The van der Waals surface area contributed by atoms with Crippen LogP contribution in [0, 0.1) is 0 Å². The normalized spacial score (nSPS) is 20.4. The lowest BCUT2D eigenvalue weighted by molar-refractivity contribution is 0.199. The van der Waals surface area contributed by atoms with Crippen molar-refractivity contribution >= 4 is 0 Å². The van der Waals surface area contributed by atoms with Crippen molar-refractivity contribution in [2.45, 2.75) is 63.5 Å². The lowest BCUT2D eigenvalue weighted by Crippen LogP contribution is -2.20. The van der Waals surface area contributed by atoms with E-state index in [9.17, 15) is 0 Å². The average Bonchev–Trinajstić information content (AvgIpc) is 3.25. The van der Waals surface area contributed by atoms with Gasteiger partial charge < -0.3 is 10.1 Å². The molecule has 1 N–H and O–H groups in total. The summed E-state index contributed by atoms with van der Waals surface area (Å²) in [6.07, 6.45) is 11.6. The van der Waals surface area contributed by atoms with Gasteiger partial charge in [-0.25, -0.2) is 0 Å². The van der Waals surface area contributed by atoms with Gasteiger partial charge in [0.1, 0.15) is 0 Å². The van der Waals surface area contributed by atoms with Gasteiger partial charge in [-0.05, 0) is 25.7 Å². The molecule has 2 saturated carbocycles. The van der Waals surface area contributed by atoms with E-state index in [-0.39, 0.29) is 0 Å². The third kappa shape index (κ3) is 3.23. The Morgan fingerprint density at radius 2 is 2.05 bits per heavy atom. The number of nitrogens with one attached hydrogen (secondary N) is 1.